The van der Waals surface area contributed by atoms with Gasteiger partial charge in [-0.25, -0.2) is 9.78 Å². The Kier molecular flexibility index (Phi) is 10.2. The van der Waals surface area contributed by atoms with Crippen LogP contribution in [0.2, 0.25) is 0 Å². The molecule has 10 nitrogen and oxygen atoms in total. The quantitative estimate of drug-likeness (QED) is 0.354. The first-order valence-electron chi connectivity index (χ1n) is 12.1. The van der Waals surface area contributed by atoms with Crippen molar-refractivity contribution in [1.82, 2.24) is 9.97 Å². The number of benzene rings is 2. The van der Waals surface area contributed by atoms with Crippen molar-refractivity contribution in [3.8, 4) is 11.5 Å². The SMILES string of the molecule is CC(=O)OC(C)(C)C.CCOc1cc(C(Nc2ccc3nc(N)[nH]c3c2)C(=O)OC)ccc1OC(C)C. The second-order valence-electron chi connectivity index (χ2n) is 9.47. The van der Waals surface area contributed by atoms with Crippen molar-refractivity contribution < 1.29 is 28.5 Å². The summed E-state index contributed by atoms with van der Waals surface area (Å²) < 4.78 is 21.3. The summed E-state index contributed by atoms with van der Waals surface area (Å²) in [7, 11) is 1.36. The number of carbonyl (C=O) groups excluding carboxylic acids is 2. The molecule has 0 radical (unpaired) electrons. The van der Waals surface area contributed by atoms with Crippen molar-refractivity contribution in [1.29, 1.82) is 0 Å². The van der Waals surface area contributed by atoms with Gasteiger partial charge in [0, 0.05) is 12.6 Å². The van der Waals surface area contributed by atoms with Gasteiger partial charge in [0.05, 0.1) is 30.9 Å². The van der Waals surface area contributed by atoms with Gasteiger partial charge in [-0.3, -0.25) is 4.79 Å². The summed E-state index contributed by atoms with van der Waals surface area (Å²) in [5.74, 6) is 0.894. The van der Waals surface area contributed by atoms with E-state index in [9.17, 15) is 9.59 Å². The molecule has 1 aromatic heterocycles. The minimum atomic E-state index is -0.731. The highest BCUT2D eigenvalue weighted by atomic mass is 16.6. The van der Waals surface area contributed by atoms with Crippen LogP contribution < -0.4 is 20.5 Å². The zero-order chi connectivity index (χ0) is 27.8. The number of nitrogens with one attached hydrogen (secondary N) is 2. The zero-order valence-electron chi connectivity index (χ0n) is 22.8. The molecule has 1 heterocycles. The van der Waals surface area contributed by atoms with Gasteiger partial charge in [0.1, 0.15) is 5.60 Å². The summed E-state index contributed by atoms with van der Waals surface area (Å²) in [6, 6.07) is 10.2. The number of ether oxygens (including phenoxy) is 4. The maximum absolute atomic E-state index is 12.5. The van der Waals surface area contributed by atoms with Crippen molar-refractivity contribution in [2.75, 3.05) is 24.8 Å². The molecule has 1 atom stereocenters. The minimum Gasteiger partial charge on any atom is -0.490 e. The van der Waals surface area contributed by atoms with Crippen LogP contribution in [0.25, 0.3) is 11.0 Å². The Morgan fingerprint density at radius 3 is 2.35 bits per heavy atom. The molecule has 0 aliphatic rings. The lowest BCUT2D eigenvalue weighted by Crippen LogP contribution is -2.22. The molecule has 3 aromatic rings. The number of nitrogen functional groups attached to an aromatic ring is 1. The number of methoxy groups -OCH3 is 1. The Balaban J connectivity index is 0.000000521. The molecule has 0 aliphatic heterocycles. The predicted molar refractivity (Wildman–Crippen MR) is 144 cm³/mol. The van der Waals surface area contributed by atoms with Crippen LogP contribution >= 0.6 is 0 Å². The maximum atomic E-state index is 12.5. The average Bonchev–Trinajstić information content (AvgIpc) is 3.16. The van der Waals surface area contributed by atoms with Gasteiger partial charge in [0.15, 0.2) is 23.5 Å². The lowest BCUT2D eigenvalue weighted by molar-refractivity contribution is -0.152. The number of rotatable bonds is 8. The second kappa shape index (κ2) is 12.8. The molecule has 0 saturated carbocycles. The van der Waals surface area contributed by atoms with Gasteiger partial charge in [-0.15, -0.1) is 0 Å². The summed E-state index contributed by atoms with van der Waals surface area (Å²) in [4.78, 5) is 29.9. The van der Waals surface area contributed by atoms with E-state index >= 15 is 0 Å². The lowest BCUT2D eigenvalue weighted by Gasteiger charge is -2.21. The van der Waals surface area contributed by atoms with Crippen LogP contribution in [0.5, 0.6) is 11.5 Å². The number of fused-ring (bicyclic) bond motifs is 1. The van der Waals surface area contributed by atoms with E-state index in [0.717, 1.165) is 16.7 Å². The van der Waals surface area contributed by atoms with E-state index in [1.54, 1.807) is 12.1 Å². The van der Waals surface area contributed by atoms with Gasteiger partial charge >= 0.3 is 11.9 Å². The molecule has 0 aliphatic carbocycles. The molecule has 0 amide bonds. The molecule has 0 fully saturated rings. The normalized spacial score (nSPS) is 11.8. The molecule has 0 bridgehead atoms. The molecular formula is C27H38N4O6. The van der Waals surface area contributed by atoms with Crippen LogP contribution in [0.3, 0.4) is 0 Å². The zero-order valence-corrected chi connectivity index (χ0v) is 22.8. The fourth-order valence-corrected chi connectivity index (χ4v) is 3.44. The van der Waals surface area contributed by atoms with Crippen molar-refractivity contribution >= 4 is 34.6 Å². The first kappa shape index (κ1) is 29.3. The van der Waals surface area contributed by atoms with E-state index in [4.69, 9.17) is 24.7 Å². The Morgan fingerprint density at radius 2 is 1.81 bits per heavy atom. The topological polar surface area (TPSA) is 138 Å². The van der Waals surface area contributed by atoms with E-state index in [1.807, 2.05) is 65.8 Å². The lowest BCUT2D eigenvalue weighted by atomic mass is 10.1. The molecule has 3 rings (SSSR count). The predicted octanol–water partition coefficient (Wildman–Crippen LogP) is 5.01. The highest BCUT2D eigenvalue weighted by Gasteiger charge is 2.23. The van der Waals surface area contributed by atoms with Gasteiger partial charge < -0.3 is 35.0 Å². The summed E-state index contributed by atoms with van der Waals surface area (Å²) in [5.41, 5.74) is 8.31. The molecule has 202 valence electrons. The van der Waals surface area contributed by atoms with E-state index in [-0.39, 0.29) is 17.7 Å². The number of nitrogens with zero attached hydrogens (tertiary/aromatic N) is 1. The van der Waals surface area contributed by atoms with Gasteiger partial charge in [0.2, 0.25) is 0 Å². The largest absolute Gasteiger partial charge is 0.490 e. The number of aromatic amines is 1. The third kappa shape index (κ3) is 9.21. The Morgan fingerprint density at radius 1 is 1.11 bits per heavy atom. The van der Waals surface area contributed by atoms with Crippen molar-refractivity contribution in [2.45, 2.75) is 66.2 Å². The number of anilines is 2. The van der Waals surface area contributed by atoms with E-state index in [0.29, 0.717) is 29.6 Å². The monoisotopic (exact) mass is 514 g/mol. The smallest absolute Gasteiger partial charge is 0.332 e. The summed E-state index contributed by atoms with van der Waals surface area (Å²) in [6.45, 7) is 13.2. The molecular weight excluding hydrogens is 476 g/mol. The first-order valence-corrected chi connectivity index (χ1v) is 12.1. The fourth-order valence-electron chi connectivity index (χ4n) is 3.44. The van der Waals surface area contributed by atoms with E-state index in [2.05, 4.69) is 15.3 Å². The van der Waals surface area contributed by atoms with Crippen LogP contribution in [-0.4, -0.2) is 47.3 Å². The number of imidazole rings is 1. The third-order valence-electron chi connectivity index (χ3n) is 4.66. The average molecular weight is 515 g/mol. The maximum Gasteiger partial charge on any atom is 0.332 e. The van der Waals surface area contributed by atoms with E-state index < -0.39 is 12.0 Å². The van der Waals surface area contributed by atoms with Crippen molar-refractivity contribution in [2.24, 2.45) is 0 Å². The highest BCUT2D eigenvalue weighted by molar-refractivity contribution is 5.85. The Bertz CT molecular complexity index is 1200. The standard InChI is InChI=1S/C21H26N4O4.C6H12O2/c1-5-28-18-10-13(6-9-17(18)29-12(2)3)19(20(26)27-4)23-14-7-8-15-16(11-14)25-21(22)24-15;1-5(7)8-6(2,3)4/h6-12,19,23H,5H2,1-4H3,(H3,22,24,25);1-4H3. The number of carbonyl (C=O) groups is 2. The van der Waals surface area contributed by atoms with Crippen LogP contribution in [0, 0.1) is 0 Å². The number of esters is 2. The molecule has 0 saturated heterocycles. The van der Waals surface area contributed by atoms with Gasteiger partial charge in [-0.1, -0.05) is 6.07 Å². The van der Waals surface area contributed by atoms with Gasteiger partial charge in [0.25, 0.3) is 0 Å². The molecule has 37 heavy (non-hydrogen) atoms. The molecule has 2 aromatic carbocycles. The summed E-state index contributed by atoms with van der Waals surface area (Å²) >= 11 is 0. The Hall–Kier alpha value is -3.95. The highest BCUT2D eigenvalue weighted by Crippen LogP contribution is 2.33. The first-order chi connectivity index (χ1) is 17.3. The molecule has 10 heteroatoms. The second-order valence-corrected chi connectivity index (χ2v) is 9.47. The third-order valence-corrected chi connectivity index (χ3v) is 4.66. The molecule has 4 N–H and O–H groups in total. The number of hydrogen-bond donors (Lipinski definition) is 3. The summed E-state index contributed by atoms with van der Waals surface area (Å²) in [6.07, 6.45) is 0.00292. The Labute approximate surface area is 217 Å². The van der Waals surface area contributed by atoms with E-state index in [1.165, 1.54) is 14.0 Å². The van der Waals surface area contributed by atoms with Crippen LogP contribution in [0.15, 0.2) is 36.4 Å². The van der Waals surface area contributed by atoms with Crippen molar-refractivity contribution in [3.63, 3.8) is 0 Å². The number of aromatic nitrogens is 2. The van der Waals surface area contributed by atoms with Crippen LogP contribution in [-0.2, 0) is 19.1 Å². The van der Waals surface area contributed by atoms with Gasteiger partial charge in [-0.05, 0) is 77.4 Å². The van der Waals surface area contributed by atoms with Crippen LogP contribution in [0.1, 0.15) is 60.1 Å². The number of hydrogen-bond acceptors (Lipinski definition) is 9. The summed E-state index contributed by atoms with van der Waals surface area (Å²) in [5, 5.41) is 3.22. The number of H-pyrrole nitrogens is 1. The van der Waals surface area contributed by atoms with Gasteiger partial charge in [-0.2, -0.15) is 0 Å². The number of nitrogens with two attached hydrogens (primary N) is 1. The fraction of sp³-hybridized carbons (Fsp3) is 0.444. The molecule has 1 unspecified atom stereocenters. The van der Waals surface area contributed by atoms with Crippen molar-refractivity contribution in [3.05, 3.63) is 42.0 Å². The minimum absolute atomic E-state index is 0.00292. The van der Waals surface area contributed by atoms with Crippen LogP contribution in [0.4, 0.5) is 11.6 Å². The molecule has 0 spiro atoms.